The van der Waals surface area contributed by atoms with Crippen LogP contribution in [-0.4, -0.2) is 19.8 Å². The van der Waals surface area contributed by atoms with Crippen LogP contribution in [0.5, 0.6) is 0 Å². The molecule has 4 heteroatoms. The molecule has 0 radical (unpaired) electrons. The SMILES string of the molecule is c1ccc2c(c1)Nc1c(cccc1C1COCCO1)S2. The van der Waals surface area contributed by atoms with E-state index in [2.05, 4.69) is 47.8 Å². The number of benzene rings is 2. The number of anilines is 2. The molecule has 2 aromatic carbocycles. The number of hydrogen-bond acceptors (Lipinski definition) is 4. The van der Waals surface area contributed by atoms with E-state index >= 15 is 0 Å². The zero-order chi connectivity index (χ0) is 13.4. The van der Waals surface area contributed by atoms with Crippen LogP contribution in [0.4, 0.5) is 11.4 Å². The van der Waals surface area contributed by atoms with Gasteiger partial charge in [-0.25, -0.2) is 0 Å². The van der Waals surface area contributed by atoms with Gasteiger partial charge in [0.1, 0.15) is 6.10 Å². The minimum atomic E-state index is 0.0251. The van der Waals surface area contributed by atoms with Crippen molar-refractivity contribution in [2.75, 3.05) is 25.1 Å². The van der Waals surface area contributed by atoms with Crippen LogP contribution in [-0.2, 0) is 9.47 Å². The minimum absolute atomic E-state index is 0.0251. The molecule has 1 fully saturated rings. The molecule has 0 aliphatic carbocycles. The smallest absolute Gasteiger partial charge is 0.108 e. The maximum Gasteiger partial charge on any atom is 0.108 e. The van der Waals surface area contributed by atoms with Crippen molar-refractivity contribution in [2.45, 2.75) is 15.9 Å². The molecule has 1 unspecified atom stereocenters. The average molecular weight is 285 g/mol. The van der Waals surface area contributed by atoms with Gasteiger partial charge in [-0.3, -0.25) is 0 Å². The zero-order valence-electron chi connectivity index (χ0n) is 11.0. The van der Waals surface area contributed by atoms with Gasteiger partial charge < -0.3 is 14.8 Å². The molecule has 0 saturated carbocycles. The Hall–Kier alpha value is -1.49. The highest BCUT2D eigenvalue weighted by molar-refractivity contribution is 7.99. The largest absolute Gasteiger partial charge is 0.376 e. The lowest BCUT2D eigenvalue weighted by molar-refractivity contribution is -0.0899. The quantitative estimate of drug-likeness (QED) is 0.732. The van der Waals surface area contributed by atoms with E-state index in [1.165, 1.54) is 15.4 Å². The van der Waals surface area contributed by atoms with Crippen molar-refractivity contribution in [2.24, 2.45) is 0 Å². The molecule has 102 valence electrons. The van der Waals surface area contributed by atoms with Gasteiger partial charge in [-0.05, 0) is 18.2 Å². The van der Waals surface area contributed by atoms with Crippen LogP contribution in [0.25, 0.3) is 0 Å². The average Bonchev–Trinajstić information content (AvgIpc) is 2.53. The predicted octanol–water partition coefficient (Wildman–Crippen LogP) is 3.98. The van der Waals surface area contributed by atoms with E-state index in [4.69, 9.17) is 9.47 Å². The van der Waals surface area contributed by atoms with Crippen LogP contribution in [0.3, 0.4) is 0 Å². The molecule has 20 heavy (non-hydrogen) atoms. The summed E-state index contributed by atoms with van der Waals surface area (Å²) in [5.74, 6) is 0. The van der Waals surface area contributed by atoms with Crippen molar-refractivity contribution in [1.82, 2.24) is 0 Å². The summed E-state index contributed by atoms with van der Waals surface area (Å²) in [5.41, 5.74) is 3.50. The maximum absolute atomic E-state index is 5.84. The van der Waals surface area contributed by atoms with Crippen LogP contribution in [0.15, 0.2) is 52.3 Å². The van der Waals surface area contributed by atoms with E-state index < -0.39 is 0 Å². The van der Waals surface area contributed by atoms with E-state index in [1.54, 1.807) is 11.8 Å². The van der Waals surface area contributed by atoms with Crippen LogP contribution < -0.4 is 5.32 Å². The fourth-order valence-corrected chi connectivity index (χ4v) is 3.64. The van der Waals surface area contributed by atoms with Gasteiger partial charge in [0.05, 0.1) is 31.2 Å². The van der Waals surface area contributed by atoms with Gasteiger partial charge in [-0.1, -0.05) is 36.0 Å². The lowest BCUT2D eigenvalue weighted by Crippen LogP contribution is -2.23. The van der Waals surface area contributed by atoms with Crippen molar-refractivity contribution < 1.29 is 9.47 Å². The van der Waals surface area contributed by atoms with Crippen LogP contribution in [0.2, 0.25) is 0 Å². The van der Waals surface area contributed by atoms with E-state index in [1.807, 2.05) is 0 Å². The molecule has 2 aliphatic heterocycles. The second kappa shape index (κ2) is 5.13. The van der Waals surface area contributed by atoms with Gasteiger partial charge in [-0.2, -0.15) is 0 Å². The minimum Gasteiger partial charge on any atom is -0.376 e. The van der Waals surface area contributed by atoms with Crippen molar-refractivity contribution in [3.05, 3.63) is 48.0 Å². The topological polar surface area (TPSA) is 30.5 Å². The van der Waals surface area contributed by atoms with Crippen molar-refractivity contribution in [3.63, 3.8) is 0 Å². The van der Waals surface area contributed by atoms with Gasteiger partial charge >= 0.3 is 0 Å². The summed E-state index contributed by atoms with van der Waals surface area (Å²) in [4.78, 5) is 2.51. The first-order valence-corrected chi connectivity index (χ1v) is 7.59. The Bertz CT molecular complexity index is 638. The summed E-state index contributed by atoms with van der Waals surface area (Å²) < 4.78 is 11.4. The molecular weight excluding hydrogens is 270 g/mol. The van der Waals surface area contributed by atoms with E-state index in [0.717, 1.165) is 11.4 Å². The highest BCUT2D eigenvalue weighted by atomic mass is 32.2. The van der Waals surface area contributed by atoms with Crippen molar-refractivity contribution >= 4 is 23.1 Å². The third-order valence-electron chi connectivity index (χ3n) is 3.59. The van der Waals surface area contributed by atoms with Gasteiger partial charge in [0.25, 0.3) is 0 Å². The predicted molar refractivity (Wildman–Crippen MR) is 79.8 cm³/mol. The van der Waals surface area contributed by atoms with Gasteiger partial charge in [0, 0.05) is 15.4 Å². The molecule has 2 aromatic rings. The van der Waals surface area contributed by atoms with Gasteiger partial charge in [0.15, 0.2) is 0 Å². The van der Waals surface area contributed by atoms with E-state index in [9.17, 15) is 0 Å². The Kier molecular flexibility index (Phi) is 3.14. The Labute approximate surface area is 122 Å². The summed E-state index contributed by atoms with van der Waals surface area (Å²) in [6, 6.07) is 14.7. The number of fused-ring (bicyclic) bond motifs is 2. The molecule has 2 aliphatic rings. The molecule has 4 rings (SSSR count). The fourth-order valence-electron chi connectivity index (χ4n) is 2.61. The van der Waals surface area contributed by atoms with E-state index in [-0.39, 0.29) is 6.10 Å². The maximum atomic E-state index is 5.84. The summed E-state index contributed by atoms with van der Waals surface area (Å²) in [6.45, 7) is 1.99. The Balaban J connectivity index is 1.74. The number of ether oxygens (including phenoxy) is 2. The zero-order valence-corrected chi connectivity index (χ0v) is 11.8. The molecule has 2 heterocycles. The van der Waals surface area contributed by atoms with Crippen molar-refractivity contribution in [1.29, 1.82) is 0 Å². The van der Waals surface area contributed by atoms with Crippen molar-refractivity contribution in [3.8, 4) is 0 Å². The molecule has 3 nitrogen and oxygen atoms in total. The summed E-state index contributed by atoms with van der Waals surface area (Å²) in [6.07, 6.45) is 0.0251. The highest BCUT2D eigenvalue weighted by Gasteiger charge is 2.24. The lowest BCUT2D eigenvalue weighted by atomic mass is 10.1. The third-order valence-corrected chi connectivity index (χ3v) is 4.72. The third kappa shape index (κ3) is 2.10. The summed E-state index contributed by atoms with van der Waals surface area (Å²) in [5, 5.41) is 3.55. The molecule has 0 aromatic heterocycles. The number of nitrogens with one attached hydrogen (secondary N) is 1. The van der Waals surface area contributed by atoms with Crippen LogP contribution in [0, 0.1) is 0 Å². The monoisotopic (exact) mass is 285 g/mol. The van der Waals surface area contributed by atoms with Crippen LogP contribution >= 0.6 is 11.8 Å². The summed E-state index contributed by atoms with van der Waals surface area (Å²) >= 11 is 1.80. The Morgan fingerprint density at radius 2 is 1.90 bits per heavy atom. The Morgan fingerprint density at radius 1 is 1.00 bits per heavy atom. The first-order valence-electron chi connectivity index (χ1n) is 6.78. The Morgan fingerprint density at radius 3 is 2.80 bits per heavy atom. The van der Waals surface area contributed by atoms with E-state index in [0.29, 0.717) is 19.8 Å². The number of hydrogen-bond donors (Lipinski definition) is 1. The normalized spacial score (nSPS) is 20.7. The first kappa shape index (κ1) is 12.3. The van der Waals surface area contributed by atoms with Crippen LogP contribution in [0.1, 0.15) is 11.7 Å². The summed E-state index contributed by atoms with van der Waals surface area (Å²) in [7, 11) is 0. The van der Waals surface area contributed by atoms with Gasteiger partial charge in [0.2, 0.25) is 0 Å². The molecule has 1 saturated heterocycles. The lowest BCUT2D eigenvalue weighted by Gasteiger charge is -2.29. The second-order valence-corrected chi connectivity index (χ2v) is 5.96. The molecule has 0 amide bonds. The molecule has 0 spiro atoms. The first-order chi connectivity index (χ1) is 9.92. The molecule has 1 N–H and O–H groups in total. The fraction of sp³-hybridized carbons (Fsp3) is 0.250. The van der Waals surface area contributed by atoms with Gasteiger partial charge in [-0.15, -0.1) is 0 Å². The molecular formula is C16H15NO2S. The number of para-hydroxylation sites is 2. The highest BCUT2D eigenvalue weighted by Crippen LogP contribution is 2.46. The second-order valence-electron chi connectivity index (χ2n) is 4.88. The standard InChI is InChI=1S/C16H15NO2S/c1-2-6-14-12(5-1)17-16-11(4-3-7-15(16)20-14)13-10-18-8-9-19-13/h1-7,13,17H,8-10H2. The molecule has 0 bridgehead atoms. The number of rotatable bonds is 1. The molecule has 1 atom stereocenters.